The van der Waals surface area contributed by atoms with Crippen molar-refractivity contribution in [1.29, 1.82) is 0 Å². The van der Waals surface area contributed by atoms with Gasteiger partial charge in [-0.15, -0.1) is 0 Å². The zero-order valence-corrected chi connectivity index (χ0v) is 14.8. The van der Waals surface area contributed by atoms with E-state index in [2.05, 4.69) is 0 Å². The third kappa shape index (κ3) is 3.84. The number of aliphatic hydroxyl groups is 1. The SMILES string of the molecule is [2H]C([2H])([2H])c1cn([C@@H]2O[C@H](COC(=O)c3ccc(OC)cc3)[C@H](N)C2O)c(=O)[nH]c1=O. The number of aliphatic hydroxyl groups excluding tert-OH is 1. The minimum Gasteiger partial charge on any atom is -0.497 e. The molecule has 0 radical (unpaired) electrons. The first kappa shape index (κ1) is 16.0. The molecule has 1 saturated heterocycles. The Bertz CT molecular complexity index is 1060. The van der Waals surface area contributed by atoms with E-state index in [1.165, 1.54) is 19.2 Å². The maximum absolute atomic E-state index is 12.2. The van der Waals surface area contributed by atoms with Gasteiger partial charge < -0.3 is 25.1 Å². The average molecular weight is 394 g/mol. The molecule has 4 atom stereocenters. The van der Waals surface area contributed by atoms with Crippen LogP contribution in [-0.2, 0) is 9.47 Å². The molecular weight excluding hydrogens is 370 g/mol. The molecule has 10 nitrogen and oxygen atoms in total. The molecule has 0 bridgehead atoms. The molecule has 4 N–H and O–H groups in total. The number of nitrogens with two attached hydrogens (primary N) is 1. The summed E-state index contributed by atoms with van der Waals surface area (Å²) in [5.74, 6) is -0.103. The normalized spacial score (nSPS) is 26.2. The number of nitrogens with one attached hydrogen (secondary N) is 1. The summed E-state index contributed by atoms with van der Waals surface area (Å²) in [4.78, 5) is 38.1. The Labute approximate surface area is 163 Å². The molecule has 2 aromatic rings. The molecule has 2 heterocycles. The molecule has 1 aromatic carbocycles. The van der Waals surface area contributed by atoms with Crippen LogP contribution in [0, 0.1) is 6.85 Å². The summed E-state index contributed by atoms with van der Waals surface area (Å²) in [6.45, 7) is -3.12. The predicted octanol–water partition coefficient (Wildman–Crippen LogP) is -0.704. The first-order valence-corrected chi connectivity index (χ1v) is 8.29. The van der Waals surface area contributed by atoms with Crippen molar-refractivity contribution < 1.29 is 28.2 Å². The highest BCUT2D eigenvalue weighted by molar-refractivity contribution is 5.89. The number of H-pyrrole nitrogens is 1. The van der Waals surface area contributed by atoms with Crippen molar-refractivity contribution in [3.63, 3.8) is 0 Å². The molecule has 150 valence electrons. The summed E-state index contributed by atoms with van der Waals surface area (Å²) in [6.07, 6.45) is -3.00. The number of nitrogens with zero attached hydrogens (tertiary/aromatic N) is 1. The lowest BCUT2D eigenvalue weighted by molar-refractivity contribution is -0.0574. The van der Waals surface area contributed by atoms with E-state index in [0.29, 0.717) is 5.75 Å². The average Bonchev–Trinajstić information content (AvgIpc) is 2.99. The van der Waals surface area contributed by atoms with Crippen LogP contribution in [0.5, 0.6) is 5.75 Å². The lowest BCUT2D eigenvalue weighted by Gasteiger charge is -2.17. The van der Waals surface area contributed by atoms with Crippen LogP contribution in [0.15, 0.2) is 40.1 Å². The van der Waals surface area contributed by atoms with Crippen molar-refractivity contribution in [3.05, 3.63) is 62.4 Å². The van der Waals surface area contributed by atoms with Gasteiger partial charge in [-0.3, -0.25) is 14.3 Å². The van der Waals surface area contributed by atoms with Gasteiger partial charge in [0.1, 0.15) is 24.6 Å². The van der Waals surface area contributed by atoms with Crippen molar-refractivity contribution in [2.24, 2.45) is 5.73 Å². The van der Waals surface area contributed by atoms with E-state index < -0.39 is 54.1 Å². The van der Waals surface area contributed by atoms with E-state index >= 15 is 0 Å². The minimum atomic E-state index is -2.79. The van der Waals surface area contributed by atoms with Gasteiger partial charge in [-0.05, 0) is 31.1 Å². The van der Waals surface area contributed by atoms with E-state index in [1.807, 2.05) is 4.98 Å². The summed E-state index contributed by atoms with van der Waals surface area (Å²) in [5.41, 5.74) is 3.49. The molecule has 28 heavy (non-hydrogen) atoms. The van der Waals surface area contributed by atoms with Gasteiger partial charge in [-0.1, -0.05) is 0 Å². The van der Waals surface area contributed by atoms with Gasteiger partial charge in [0.15, 0.2) is 6.23 Å². The molecule has 1 unspecified atom stereocenters. The third-order valence-corrected chi connectivity index (χ3v) is 4.38. The van der Waals surface area contributed by atoms with Crippen LogP contribution in [0.3, 0.4) is 0 Å². The molecule has 0 spiro atoms. The largest absolute Gasteiger partial charge is 0.497 e. The highest BCUT2D eigenvalue weighted by Gasteiger charge is 2.43. The van der Waals surface area contributed by atoms with E-state index in [0.717, 1.165) is 10.8 Å². The summed E-state index contributed by atoms with van der Waals surface area (Å²) >= 11 is 0. The molecule has 0 saturated carbocycles. The number of hydrogen-bond donors (Lipinski definition) is 3. The lowest BCUT2D eigenvalue weighted by atomic mass is 10.1. The van der Waals surface area contributed by atoms with Crippen LogP contribution >= 0.6 is 0 Å². The Morgan fingerprint density at radius 1 is 1.39 bits per heavy atom. The number of benzene rings is 1. The zero-order chi connectivity index (χ0) is 22.9. The Hall–Kier alpha value is -2.95. The highest BCUT2D eigenvalue weighted by atomic mass is 16.6. The Kier molecular flexibility index (Phi) is 4.57. The molecule has 3 rings (SSSR count). The van der Waals surface area contributed by atoms with Crippen molar-refractivity contribution in [2.75, 3.05) is 13.7 Å². The first-order chi connectivity index (χ1) is 14.5. The van der Waals surface area contributed by atoms with Crippen molar-refractivity contribution in [2.45, 2.75) is 31.3 Å². The topological polar surface area (TPSA) is 146 Å². The Balaban J connectivity index is 1.75. The van der Waals surface area contributed by atoms with E-state index in [-0.39, 0.29) is 12.2 Å². The lowest BCUT2D eigenvalue weighted by Crippen LogP contribution is -2.43. The number of methoxy groups -OCH3 is 1. The first-order valence-electron chi connectivity index (χ1n) is 9.79. The Morgan fingerprint density at radius 3 is 2.75 bits per heavy atom. The molecule has 0 amide bonds. The van der Waals surface area contributed by atoms with Crippen LogP contribution in [0.4, 0.5) is 0 Å². The number of carbonyl (C=O) groups is 1. The Morgan fingerprint density at radius 2 is 2.11 bits per heavy atom. The second-order valence-electron chi connectivity index (χ2n) is 6.17. The zero-order valence-electron chi connectivity index (χ0n) is 17.8. The van der Waals surface area contributed by atoms with Gasteiger partial charge in [0.05, 0.1) is 18.7 Å². The quantitative estimate of drug-likeness (QED) is 0.564. The maximum Gasteiger partial charge on any atom is 0.338 e. The molecule has 1 aliphatic rings. The highest BCUT2D eigenvalue weighted by Crippen LogP contribution is 2.27. The second kappa shape index (κ2) is 7.97. The standard InChI is InChI=1S/C18H21N3O7/c1-9-7-21(18(25)20-15(9)23)16-14(22)13(19)12(28-16)8-27-17(24)10-3-5-11(26-2)6-4-10/h3-7,12-14,16,22H,8,19H2,1-2H3,(H,20,23,25)/t12-,13+,14?,16-/m1/s1/i1D3. The van der Waals surface area contributed by atoms with Crippen LogP contribution in [0.1, 0.15) is 26.3 Å². The number of carbonyl (C=O) groups excluding carboxylic acids is 1. The number of hydrogen-bond acceptors (Lipinski definition) is 8. The minimum absolute atomic E-state index is 0.253. The van der Waals surface area contributed by atoms with Crippen molar-refractivity contribution in [3.8, 4) is 5.75 Å². The van der Waals surface area contributed by atoms with Crippen LogP contribution in [-0.4, -0.2) is 52.6 Å². The van der Waals surface area contributed by atoms with Crippen molar-refractivity contribution >= 4 is 5.97 Å². The molecule has 1 aliphatic heterocycles. The predicted molar refractivity (Wildman–Crippen MR) is 97.2 cm³/mol. The fraction of sp³-hybridized carbons (Fsp3) is 0.389. The summed E-state index contributed by atoms with van der Waals surface area (Å²) in [5, 5.41) is 10.4. The van der Waals surface area contributed by atoms with Gasteiger partial charge in [0.25, 0.3) is 5.56 Å². The number of ether oxygens (including phenoxy) is 3. The van der Waals surface area contributed by atoms with Crippen molar-refractivity contribution in [1.82, 2.24) is 9.55 Å². The summed E-state index contributed by atoms with van der Waals surface area (Å²) < 4.78 is 38.7. The fourth-order valence-electron chi connectivity index (χ4n) is 2.78. The van der Waals surface area contributed by atoms with Crippen LogP contribution in [0.25, 0.3) is 0 Å². The van der Waals surface area contributed by atoms with Crippen LogP contribution in [0.2, 0.25) is 0 Å². The number of esters is 1. The number of aryl methyl sites for hydroxylation is 1. The van der Waals surface area contributed by atoms with E-state index in [9.17, 15) is 19.5 Å². The molecule has 1 fully saturated rings. The van der Waals surface area contributed by atoms with Crippen LogP contribution < -0.4 is 21.7 Å². The monoisotopic (exact) mass is 394 g/mol. The maximum atomic E-state index is 12.2. The smallest absolute Gasteiger partial charge is 0.338 e. The van der Waals surface area contributed by atoms with E-state index in [4.69, 9.17) is 24.1 Å². The second-order valence-corrected chi connectivity index (χ2v) is 6.17. The molecule has 0 aliphatic carbocycles. The fourth-order valence-corrected chi connectivity index (χ4v) is 2.78. The van der Waals surface area contributed by atoms with Gasteiger partial charge in [0, 0.05) is 15.9 Å². The number of aromatic amines is 1. The number of aromatic nitrogens is 2. The third-order valence-electron chi connectivity index (χ3n) is 4.38. The number of rotatable bonds is 5. The summed E-state index contributed by atoms with van der Waals surface area (Å²) in [7, 11) is 1.49. The van der Waals surface area contributed by atoms with Gasteiger partial charge in [-0.2, -0.15) is 0 Å². The summed E-state index contributed by atoms with van der Waals surface area (Å²) in [6, 6.07) is 5.12. The molecular formula is C18H21N3O7. The molecule has 1 aromatic heterocycles. The van der Waals surface area contributed by atoms with E-state index in [1.54, 1.807) is 12.1 Å². The van der Waals surface area contributed by atoms with Gasteiger partial charge in [-0.25, -0.2) is 9.59 Å². The van der Waals surface area contributed by atoms with Gasteiger partial charge in [0.2, 0.25) is 0 Å². The van der Waals surface area contributed by atoms with Gasteiger partial charge >= 0.3 is 11.7 Å². The molecule has 10 heteroatoms.